The van der Waals surface area contributed by atoms with Crippen LogP contribution >= 0.6 is 11.6 Å². The average molecular weight is 337 g/mol. The monoisotopic (exact) mass is 336 g/mol. The molecular weight excluding hydrogens is 324 g/mol. The van der Waals surface area contributed by atoms with E-state index in [1.807, 2.05) is 36.4 Å². The van der Waals surface area contributed by atoms with Crippen LogP contribution in [-0.4, -0.2) is 15.1 Å². The first-order valence-electron chi connectivity index (χ1n) is 7.47. The van der Waals surface area contributed by atoms with E-state index in [1.54, 1.807) is 30.5 Å². The lowest BCUT2D eigenvalue weighted by atomic mass is 10.0. The summed E-state index contributed by atoms with van der Waals surface area (Å²) in [4.78, 5) is 8.62. The van der Waals surface area contributed by atoms with Gasteiger partial charge in [-0.1, -0.05) is 35.9 Å². The van der Waals surface area contributed by atoms with E-state index in [0.29, 0.717) is 22.2 Å². The van der Waals surface area contributed by atoms with Gasteiger partial charge >= 0.3 is 0 Å². The van der Waals surface area contributed by atoms with Crippen LogP contribution in [0.25, 0.3) is 22.6 Å². The number of rotatable bonds is 3. The number of benzene rings is 2. The number of aliphatic hydroxyl groups excluding tert-OH is 1. The van der Waals surface area contributed by atoms with Crippen molar-refractivity contribution in [1.29, 1.82) is 0 Å². The van der Waals surface area contributed by atoms with Gasteiger partial charge in [-0.25, -0.2) is 4.98 Å². The van der Waals surface area contributed by atoms with Gasteiger partial charge in [-0.15, -0.1) is 0 Å². The summed E-state index contributed by atoms with van der Waals surface area (Å²) in [5.41, 5.74) is 3.42. The van der Waals surface area contributed by atoms with Gasteiger partial charge in [0.05, 0.1) is 5.69 Å². The summed E-state index contributed by atoms with van der Waals surface area (Å²) in [7, 11) is 0. The molecule has 1 N–H and O–H groups in total. The zero-order chi connectivity index (χ0) is 16.5. The summed E-state index contributed by atoms with van der Waals surface area (Å²) < 4.78 is 5.75. The standard InChI is InChI=1S/C19H13ClN2O2/c20-14-11-12(19-22-15-5-1-2-7-17(15)24-19)8-9-13(14)18(23)16-6-3-4-10-21-16/h1-11,18,23H. The number of fused-ring (bicyclic) bond motifs is 1. The molecule has 0 bridgehead atoms. The number of pyridine rings is 1. The number of hydrogen-bond donors (Lipinski definition) is 1. The van der Waals surface area contributed by atoms with Gasteiger partial charge < -0.3 is 9.52 Å². The minimum absolute atomic E-state index is 0.438. The van der Waals surface area contributed by atoms with E-state index in [0.717, 1.165) is 16.7 Å². The second-order valence-corrected chi connectivity index (χ2v) is 5.79. The van der Waals surface area contributed by atoms with Gasteiger partial charge in [0.1, 0.15) is 11.6 Å². The minimum Gasteiger partial charge on any atom is -0.436 e. The fraction of sp³-hybridized carbons (Fsp3) is 0.0526. The Morgan fingerprint density at radius 1 is 1.00 bits per heavy atom. The molecule has 1 atom stereocenters. The Balaban J connectivity index is 1.71. The van der Waals surface area contributed by atoms with Gasteiger partial charge in [0.15, 0.2) is 5.58 Å². The van der Waals surface area contributed by atoms with Gasteiger partial charge in [0, 0.05) is 22.3 Å². The normalized spacial score (nSPS) is 12.4. The average Bonchev–Trinajstić information content (AvgIpc) is 3.06. The van der Waals surface area contributed by atoms with Crippen LogP contribution in [0, 0.1) is 0 Å². The van der Waals surface area contributed by atoms with Crippen molar-refractivity contribution in [2.45, 2.75) is 6.10 Å². The van der Waals surface area contributed by atoms with Gasteiger partial charge in [-0.3, -0.25) is 4.98 Å². The molecule has 24 heavy (non-hydrogen) atoms. The lowest BCUT2D eigenvalue weighted by Gasteiger charge is -2.12. The fourth-order valence-electron chi connectivity index (χ4n) is 2.57. The number of hydrogen-bond acceptors (Lipinski definition) is 4. The van der Waals surface area contributed by atoms with Crippen molar-refractivity contribution >= 4 is 22.7 Å². The van der Waals surface area contributed by atoms with Crippen molar-refractivity contribution in [3.8, 4) is 11.5 Å². The number of aromatic nitrogens is 2. The van der Waals surface area contributed by atoms with Crippen LogP contribution < -0.4 is 0 Å². The van der Waals surface area contributed by atoms with E-state index >= 15 is 0 Å². The third-order valence-corrected chi connectivity index (χ3v) is 4.13. The Labute approximate surface area is 143 Å². The van der Waals surface area contributed by atoms with Gasteiger partial charge in [0.2, 0.25) is 5.89 Å². The lowest BCUT2D eigenvalue weighted by molar-refractivity contribution is 0.215. The number of nitrogens with zero attached hydrogens (tertiary/aromatic N) is 2. The van der Waals surface area contributed by atoms with Crippen molar-refractivity contribution in [3.63, 3.8) is 0 Å². The summed E-state index contributed by atoms with van der Waals surface area (Å²) in [6.07, 6.45) is 0.760. The van der Waals surface area contributed by atoms with Crippen LogP contribution in [0.5, 0.6) is 0 Å². The molecular formula is C19H13ClN2O2. The first kappa shape index (κ1) is 14.9. The molecule has 0 aliphatic rings. The fourth-order valence-corrected chi connectivity index (χ4v) is 2.86. The minimum atomic E-state index is -0.878. The van der Waals surface area contributed by atoms with E-state index in [2.05, 4.69) is 9.97 Å². The molecule has 0 aliphatic heterocycles. The topological polar surface area (TPSA) is 59.2 Å². The van der Waals surface area contributed by atoms with Crippen LogP contribution in [0.1, 0.15) is 17.4 Å². The van der Waals surface area contributed by atoms with Gasteiger partial charge in [-0.05, 0) is 36.4 Å². The molecule has 0 fully saturated rings. The lowest BCUT2D eigenvalue weighted by Crippen LogP contribution is -2.02. The first-order chi connectivity index (χ1) is 11.7. The molecule has 0 aliphatic carbocycles. The molecule has 5 heteroatoms. The highest BCUT2D eigenvalue weighted by Gasteiger charge is 2.17. The van der Waals surface area contributed by atoms with E-state index in [9.17, 15) is 5.11 Å². The van der Waals surface area contributed by atoms with Gasteiger partial charge in [0.25, 0.3) is 0 Å². The number of aliphatic hydroxyl groups is 1. The maximum absolute atomic E-state index is 10.5. The van der Waals surface area contributed by atoms with Crippen LogP contribution in [0.2, 0.25) is 5.02 Å². The van der Waals surface area contributed by atoms with Crippen molar-refractivity contribution < 1.29 is 9.52 Å². The second kappa shape index (κ2) is 6.07. The molecule has 118 valence electrons. The molecule has 0 amide bonds. The Hall–Kier alpha value is -2.69. The Morgan fingerprint density at radius 3 is 2.58 bits per heavy atom. The van der Waals surface area contributed by atoms with Crippen molar-refractivity contribution in [3.05, 3.63) is 83.1 Å². The predicted octanol–water partition coefficient (Wildman–Crippen LogP) is 4.62. The quantitative estimate of drug-likeness (QED) is 0.592. The van der Waals surface area contributed by atoms with Crippen molar-refractivity contribution in [2.75, 3.05) is 0 Å². The molecule has 4 rings (SSSR count). The van der Waals surface area contributed by atoms with E-state index < -0.39 is 6.10 Å². The highest BCUT2D eigenvalue weighted by Crippen LogP contribution is 2.32. The van der Waals surface area contributed by atoms with Gasteiger partial charge in [-0.2, -0.15) is 0 Å². The molecule has 2 aromatic heterocycles. The Morgan fingerprint density at radius 2 is 1.83 bits per heavy atom. The molecule has 4 nitrogen and oxygen atoms in total. The number of para-hydroxylation sites is 2. The first-order valence-corrected chi connectivity index (χ1v) is 7.84. The van der Waals surface area contributed by atoms with Crippen LogP contribution in [0.3, 0.4) is 0 Å². The van der Waals surface area contributed by atoms with Crippen LogP contribution in [-0.2, 0) is 0 Å². The second-order valence-electron chi connectivity index (χ2n) is 5.38. The molecule has 4 aromatic rings. The van der Waals surface area contributed by atoms with Crippen LogP contribution in [0.4, 0.5) is 0 Å². The molecule has 2 aromatic carbocycles. The molecule has 2 heterocycles. The highest BCUT2D eigenvalue weighted by atomic mass is 35.5. The third-order valence-electron chi connectivity index (χ3n) is 3.80. The van der Waals surface area contributed by atoms with Crippen molar-refractivity contribution in [2.24, 2.45) is 0 Å². The third kappa shape index (κ3) is 2.66. The molecule has 0 spiro atoms. The summed E-state index contributed by atoms with van der Waals surface area (Å²) in [5, 5.41) is 10.9. The SMILES string of the molecule is OC(c1ccccn1)c1ccc(-c2nc3ccccc3o2)cc1Cl. The number of halogens is 1. The zero-order valence-corrected chi connectivity index (χ0v) is 13.3. The summed E-state index contributed by atoms with van der Waals surface area (Å²) in [5.74, 6) is 0.497. The molecule has 0 saturated carbocycles. The summed E-state index contributed by atoms with van der Waals surface area (Å²) >= 11 is 6.37. The summed E-state index contributed by atoms with van der Waals surface area (Å²) in [6.45, 7) is 0. The Kier molecular flexibility index (Phi) is 3.76. The van der Waals surface area contributed by atoms with E-state index in [1.165, 1.54) is 0 Å². The maximum Gasteiger partial charge on any atom is 0.227 e. The Bertz CT molecular complexity index is 966. The summed E-state index contributed by atoms with van der Waals surface area (Å²) in [6, 6.07) is 18.3. The van der Waals surface area contributed by atoms with Crippen LogP contribution in [0.15, 0.2) is 71.3 Å². The zero-order valence-electron chi connectivity index (χ0n) is 12.6. The van der Waals surface area contributed by atoms with E-state index in [4.69, 9.17) is 16.0 Å². The largest absolute Gasteiger partial charge is 0.436 e. The maximum atomic E-state index is 10.5. The van der Waals surface area contributed by atoms with Crippen molar-refractivity contribution in [1.82, 2.24) is 9.97 Å². The highest BCUT2D eigenvalue weighted by molar-refractivity contribution is 6.31. The smallest absolute Gasteiger partial charge is 0.227 e. The molecule has 1 unspecified atom stereocenters. The molecule has 0 saturated heterocycles. The molecule has 0 radical (unpaired) electrons. The number of oxazole rings is 1. The predicted molar refractivity (Wildman–Crippen MR) is 92.8 cm³/mol. The van der Waals surface area contributed by atoms with E-state index in [-0.39, 0.29) is 0 Å².